The summed E-state index contributed by atoms with van der Waals surface area (Å²) in [4.78, 5) is 13.2. The maximum absolute atomic E-state index is 10.8. The molecular formula is C14H22N4O2. The van der Waals surface area contributed by atoms with Crippen molar-refractivity contribution in [2.45, 2.75) is 38.6 Å². The number of likely N-dealkylation sites (tertiary alicyclic amines) is 1. The van der Waals surface area contributed by atoms with Crippen LogP contribution in [0.15, 0.2) is 6.20 Å². The fourth-order valence-electron chi connectivity index (χ4n) is 3.63. The van der Waals surface area contributed by atoms with Crippen LogP contribution < -0.4 is 0 Å². The Morgan fingerprint density at radius 2 is 2.05 bits per heavy atom. The number of carboxylic acid groups (broad SMARTS) is 1. The van der Waals surface area contributed by atoms with Gasteiger partial charge in [0, 0.05) is 13.1 Å². The highest BCUT2D eigenvalue weighted by atomic mass is 16.4. The summed E-state index contributed by atoms with van der Waals surface area (Å²) < 4.78 is 1.64. The second kappa shape index (κ2) is 5.91. The third-order valence-corrected chi connectivity index (χ3v) is 4.78. The van der Waals surface area contributed by atoms with Crippen molar-refractivity contribution in [1.82, 2.24) is 19.9 Å². The topological polar surface area (TPSA) is 71.2 Å². The molecule has 2 aliphatic rings. The quantitative estimate of drug-likeness (QED) is 0.903. The first-order valence-corrected chi connectivity index (χ1v) is 7.58. The van der Waals surface area contributed by atoms with E-state index in [1.165, 1.54) is 51.4 Å². The normalized spacial score (nSPS) is 27.2. The number of hydrogen-bond acceptors (Lipinski definition) is 4. The lowest BCUT2D eigenvalue weighted by Crippen LogP contribution is -2.42. The smallest absolute Gasteiger partial charge is 0.358 e. The molecule has 6 nitrogen and oxygen atoms in total. The summed E-state index contributed by atoms with van der Waals surface area (Å²) in [7, 11) is 0. The SMILES string of the molecule is O=C(O)c1cn(CCN2CCC3CCCCC3C2)nn1. The molecule has 2 atom stereocenters. The summed E-state index contributed by atoms with van der Waals surface area (Å²) in [6, 6.07) is 0. The minimum absolute atomic E-state index is 0.0241. The largest absolute Gasteiger partial charge is 0.476 e. The molecule has 0 spiro atoms. The van der Waals surface area contributed by atoms with E-state index < -0.39 is 5.97 Å². The number of carboxylic acids is 1. The van der Waals surface area contributed by atoms with Crippen molar-refractivity contribution in [3.63, 3.8) is 0 Å². The fraction of sp³-hybridized carbons (Fsp3) is 0.786. The van der Waals surface area contributed by atoms with Crippen LogP contribution in [0.3, 0.4) is 0 Å². The van der Waals surface area contributed by atoms with Crippen LogP contribution >= 0.6 is 0 Å². The van der Waals surface area contributed by atoms with Crippen LogP contribution in [0.5, 0.6) is 0 Å². The molecule has 0 radical (unpaired) electrons. The van der Waals surface area contributed by atoms with Gasteiger partial charge in [-0.25, -0.2) is 4.79 Å². The Hall–Kier alpha value is -1.43. The molecule has 3 rings (SSSR count). The average molecular weight is 278 g/mol. The van der Waals surface area contributed by atoms with Crippen molar-refractivity contribution in [3.05, 3.63) is 11.9 Å². The maximum atomic E-state index is 10.8. The van der Waals surface area contributed by atoms with Gasteiger partial charge in [0.25, 0.3) is 0 Å². The lowest BCUT2D eigenvalue weighted by Gasteiger charge is -2.41. The van der Waals surface area contributed by atoms with E-state index in [9.17, 15) is 4.79 Å². The standard InChI is InChI=1S/C14H22N4O2/c19-14(20)13-10-18(16-15-13)8-7-17-6-5-11-3-1-2-4-12(11)9-17/h10-12H,1-9H2,(H,19,20). The molecule has 1 aromatic rings. The summed E-state index contributed by atoms with van der Waals surface area (Å²) in [6.45, 7) is 4.02. The molecule has 1 aliphatic carbocycles. The van der Waals surface area contributed by atoms with Crippen molar-refractivity contribution >= 4 is 5.97 Å². The number of fused-ring (bicyclic) bond motifs is 1. The number of aromatic carboxylic acids is 1. The molecule has 2 heterocycles. The Bertz CT molecular complexity index is 473. The molecule has 0 bridgehead atoms. The van der Waals surface area contributed by atoms with Crippen LogP contribution in [0.4, 0.5) is 0 Å². The first-order valence-electron chi connectivity index (χ1n) is 7.58. The fourth-order valence-corrected chi connectivity index (χ4v) is 3.63. The van der Waals surface area contributed by atoms with Crippen molar-refractivity contribution in [1.29, 1.82) is 0 Å². The summed E-state index contributed by atoms with van der Waals surface area (Å²) in [6.07, 6.45) is 8.44. The van der Waals surface area contributed by atoms with E-state index in [4.69, 9.17) is 5.11 Å². The minimum atomic E-state index is -1.01. The van der Waals surface area contributed by atoms with Crippen LogP contribution in [0.1, 0.15) is 42.6 Å². The van der Waals surface area contributed by atoms with Crippen molar-refractivity contribution < 1.29 is 9.90 Å². The van der Waals surface area contributed by atoms with Crippen LogP contribution in [0.25, 0.3) is 0 Å². The predicted molar refractivity (Wildman–Crippen MR) is 73.5 cm³/mol. The molecule has 6 heteroatoms. The third kappa shape index (κ3) is 3.00. The zero-order chi connectivity index (χ0) is 13.9. The maximum Gasteiger partial charge on any atom is 0.358 e. The molecule has 1 saturated carbocycles. The molecule has 0 amide bonds. The molecule has 2 unspecified atom stereocenters. The van der Waals surface area contributed by atoms with Crippen LogP contribution in [0.2, 0.25) is 0 Å². The Balaban J connectivity index is 1.49. The highest BCUT2D eigenvalue weighted by Crippen LogP contribution is 2.35. The summed E-state index contributed by atoms with van der Waals surface area (Å²) in [5, 5.41) is 16.3. The van der Waals surface area contributed by atoms with Crippen LogP contribution in [-0.4, -0.2) is 50.6 Å². The molecule has 110 valence electrons. The van der Waals surface area contributed by atoms with Gasteiger partial charge < -0.3 is 10.0 Å². The third-order valence-electron chi connectivity index (χ3n) is 4.78. The van der Waals surface area contributed by atoms with Gasteiger partial charge in [0.05, 0.1) is 12.7 Å². The molecule has 1 saturated heterocycles. The molecule has 20 heavy (non-hydrogen) atoms. The molecule has 0 aromatic carbocycles. The predicted octanol–water partition coefficient (Wildman–Crippen LogP) is 1.49. The molecule has 1 N–H and O–H groups in total. The van der Waals surface area contributed by atoms with E-state index in [0.29, 0.717) is 0 Å². The van der Waals surface area contributed by atoms with E-state index in [1.54, 1.807) is 4.68 Å². The average Bonchev–Trinajstić information content (AvgIpc) is 2.94. The lowest BCUT2D eigenvalue weighted by atomic mass is 9.75. The van der Waals surface area contributed by atoms with E-state index in [1.807, 2.05) is 0 Å². The van der Waals surface area contributed by atoms with Gasteiger partial charge in [-0.05, 0) is 31.2 Å². The summed E-state index contributed by atoms with van der Waals surface area (Å²) >= 11 is 0. The van der Waals surface area contributed by atoms with Gasteiger partial charge in [-0.2, -0.15) is 0 Å². The first-order chi connectivity index (χ1) is 9.72. The Labute approximate surface area is 118 Å². The van der Waals surface area contributed by atoms with Gasteiger partial charge in [0.15, 0.2) is 5.69 Å². The summed E-state index contributed by atoms with van der Waals surface area (Å²) in [5.74, 6) is 0.812. The van der Waals surface area contributed by atoms with E-state index >= 15 is 0 Å². The monoisotopic (exact) mass is 278 g/mol. The highest BCUT2D eigenvalue weighted by molar-refractivity contribution is 5.84. The minimum Gasteiger partial charge on any atom is -0.476 e. The molecular weight excluding hydrogens is 256 g/mol. The van der Waals surface area contributed by atoms with Gasteiger partial charge in [0.1, 0.15) is 0 Å². The number of piperidine rings is 1. The number of aromatic nitrogens is 3. The Morgan fingerprint density at radius 1 is 1.25 bits per heavy atom. The van der Waals surface area contributed by atoms with Gasteiger partial charge >= 0.3 is 5.97 Å². The van der Waals surface area contributed by atoms with Crippen molar-refractivity contribution in [3.8, 4) is 0 Å². The van der Waals surface area contributed by atoms with Crippen molar-refractivity contribution in [2.24, 2.45) is 11.8 Å². The number of carbonyl (C=O) groups is 1. The number of nitrogens with zero attached hydrogens (tertiary/aromatic N) is 4. The number of rotatable bonds is 4. The summed E-state index contributed by atoms with van der Waals surface area (Å²) in [5.41, 5.74) is 0.0241. The lowest BCUT2D eigenvalue weighted by molar-refractivity contribution is 0.0690. The van der Waals surface area contributed by atoms with Gasteiger partial charge in [-0.15, -0.1) is 5.10 Å². The van der Waals surface area contributed by atoms with Gasteiger partial charge in [-0.1, -0.05) is 24.5 Å². The second-order valence-corrected chi connectivity index (χ2v) is 6.07. The van der Waals surface area contributed by atoms with Crippen LogP contribution in [-0.2, 0) is 6.54 Å². The number of hydrogen-bond donors (Lipinski definition) is 1. The van der Waals surface area contributed by atoms with Gasteiger partial charge in [-0.3, -0.25) is 4.68 Å². The van der Waals surface area contributed by atoms with E-state index in [2.05, 4.69) is 15.2 Å². The van der Waals surface area contributed by atoms with Crippen molar-refractivity contribution in [2.75, 3.05) is 19.6 Å². The van der Waals surface area contributed by atoms with Crippen LogP contribution in [0, 0.1) is 11.8 Å². The van der Waals surface area contributed by atoms with Gasteiger partial charge in [0.2, 0.25) is 0 Å². The second-order valence-electron chi connectivity index (χ2n) is 6.07. The first kappa shape index (κ1) is 13.5. The Morgan fingerprint density at radius 3 is 2.80 bits per heavy atom. The highest BCUT2D eigenvalue weighted by Gasteiger charge is 2.30. The molecule has 1 aliphatic heterocycles. The van der Waals surface area contributed by atoms with E-state index in [-0.39, 0.29) is 5.69 Å². The molecule has 1 aromatic heterocycles. The zero-order valence-corrected chi connectivity index (χ0v) is 11.7. The molecule has 2 fully saturated rings. The zero-order valence-electron chi connectivity index (χ0n) is 11.7. The van der Waals surface area contributed by atoms with E-state index in [0.717, 1.165) is 24.9 Å². The Kier molecular flexibility index (Phi) is 4.00.